The summed E-state index contributed by atoms with van der Waals surface area (Å²) in [7, 11) is -4.16. The lowest BCUT2D eigenvalue weighted by atomic mass is 9.88. The van der Waals surface area contributed by atoms with Crippen LogP contribution < -0.4 is 5.32 Å². The minimum absolute atomic E-state index is 0.0644. The molecule has 1 unspecified atom stereocenters. The molecule has 1 N–H and O–H groups in total. The van der Waals surface area contributed by atoms with Crippen LogP contribution in [-0.4, -0.2) is 107 Å². The first-order chi connectivity index (χ1) is 28.4. The summed E-state index contributed by atoms with van der Waals surface area (Å²) in [5, 5.41) is 3.28. The van der Waals surface area contributed by atoms with Crippen LogP contribution in [0.2, 0.25) is 36.3 Å². The van der Waals surface area contributed by atoms with Gasteiger partial charge in [0.2, 0.25) is 0 Å². The number of epoxide rings is 1. The van der Waals surface area contributed by atoms with Crippen molar-refractivity contribution in [2.24, 2.45) is 11.8 Å². The van der Waals surface area contributed by atoms with Crippen LogP contribution in [0.25, 0.3) is 0 Å². The van der Waals surface area contributed by atoms with Crippen molar-refractivity contribution in [3.8, 4) is 0 Å². The highest BCUT2D eigenvalue weighted by molar-refractivity contribution is 6.74. The molecule has 0 aliphatic carbocycles. The highest BCUT2D eigenvalue weighted by Crippen LogP contribution is 2.41. The minimum atomic E-state index is -2.17. The number of carbonyl (C=O) groups excluding carboxylic acids is 3. The lowest BCUT2D eigenvalue weighted by molar-refractivity contribution is -0.168. The zero-order chi connectivity index (χ0) is 44.7. The van der Waals surface area contributed by atoms with Crippen LogP contribution >= 0.6 is 0 Å². The molecule has 9 atom stereocenters. The van der Waals surface area contributed by atoms with Crippen molar-refractivity contribution in [3.05, 3.63) is 36.0 Å². The quantitative estimate of drug-likeness (QED) is 0.0316. The van der Waals surface area contributed by atoms with Crippen molar-refractivity contribution in [3.63, 3.8) is 0 Å². The molecule has 0 saturated carbocycles. The number of hydrogen-bond donors (Lipinski definition) is 1. The van der Waals surface area contributed by atoms with Gasteiger partial charge in [-0.05, 0) is 93.9 Å². The molecule has 0 aromatic carbocycles. The van der Waals surface area contributed by atoms with Crippen molar-refractivity contribution in [1.82, 2.24) is 10.2 Å². The van der Waals surface area contributed by atoms with Gasteiger partial charge in [-0.1, -0.05) is 93.0 Å². The molecule has 1 amide bonds. The number of piperazine rings is 1. The first-order valence-corrected chi connectivity index (χ1v) is 28.6. The number of nitrogens with zero attached hydrogens (tertiary/aromatic N) is 1. The van der Waals surface area contributed by atoms with Crippen molar-refractivity contribution < 1.29 is 42.2 Å². The summed E-state index contributed by atoms with van der Waals surface area (Å²) in [6.45, 7) is 29.6. The molecule has 0 aromatic rings. The molecule has 0 spiro atoms. The van der Waals surface area contributed by atoms with E-state index in [1.165, 1.54) is 6.92 Å². The summed E-state index contributed by atoms with van der Waals surface area (Å²) >= 11 is 0. The van der Waals surface area contributed by atoms with Crippen LogP contribution in [0.4, 0.5) is 4.79 Å². The van der Waals surface area contributed by atoms with Gasteiger partial charge in [-0.3, -0.25) is 9.59 Å². The van der Waals surface area contributed by atoms with E-state index in [-0.39, 0.29) is 30.5 Å². The third-order valence-corrected chi connectivity index (χ3v) is 23.3. The SMILES string of the molecule is CCC[C@@H](C)[C@H]1O[C@@H]1CC(C)(/C=C/C=C(\C)[C@H]1OC(=O)C[C@H](O[Si](CC)(CC)CC)CC[C@@](C)(OC(C)=O)[C@@H](OC(=O)N2CCNCC2)/C=C/[C@@H]1C)O[Si](CC)(CC)CC. The average molecular weight is 877 g/mol. The standard InChI is InChI=1S/C47H84N2O9Si2/c1-14-22-35(8)44-40(53-44)34-46(12,58-60(18-5,19-6)20-7)27-21-23-36(9)43-37(10)24-25-41(54-45(52)49-31-29-48-30-32-49)47(13,56-38(11)50)28-26-39(33-42(51)55-43)57-59(15-2,16-3)17-4/h21,23-25,27,35,37,39-41,43-44,48H,14-20,22,26,28-34H2,1-13H3/b25-24+,27-21+,36-23+/t35-,37+,39-,40-,41+,43-,44-,46?,47-/m1/s1. The van der Waals surface area contributed by atoms with E-state index in [0.717, 1.165) is 61.1 Å². The fourth-order valence-electron chi connectivity index (χ4n) is 9.29. The molecule has 3 aliphatic heterocycles. The smallest absolute Gasteiger partial charge is 0.410 e. The van der Waals surface area contributed by atoms with Crippen LogP contribution in [0, 0.1) is 11.8 Å². The van der Waals surface area contributed by atoms with E-state index in [0.29, 0.717) is 44.9 Å². The van der Waals surface area contributed by atoms with Crippen LogP contribution in [-0.2, 0) is 37.4 Å². The molecule has 3 heterocycles. The van der Waals surface area contributed by atoms with E-state index in [4.69, 9.17) is 27.8 Å². The lowest BCUT2D eigenvalue weighted by Crippen LogP contribution is -2.51. The zero-order valence-electron chi connectivity index (χ0n) is 39.9. The highest BCUT2D eigenvalue weighted by Gasteiger charge is 2.48. The number of esters is 2. The van der Waals surface area contributed by atoms with Gasteiger partial charge in [0.15, 0.2) is 22.7 Å². The van der Waals surface area contributed by atoms with Crippen molar-refractivity contribution in [1.29, 1.82) is 0 Å². The van der Waals surface area contributed by atoms with Crippen LogP contribution in [0.5, 0.6) is 0 Å². The van der Waals surface area contributed by atoms with Gasteiger partial charge < -0.3 is 38.0 Å². The Balaban J connectivity index is 2.07. The Hall–Kier alpha value is -2.30. The Bertz CT molecular complexity index is 1440. The first kappa shape index (κ1) is 52.1. The van der Waals surface area contributed by atoms with Crippen molar-refractivity contribution >= 4 is 34.7 Å². The predicted octanol–water partition coefficient (Wildman–Crippen LogP) is 10.3. The first-order valence-electron chi connectivity index (χ1n) is 23.5. The van der Waals surface area contributed by atoms with Gasteiger partial charge in [0, 0.05) is 45.4 Å². The van der Waals surface area contributed by atoms with Crippen LogP contribution in [0.3, 0.4) is 0 Å². The molecule has 3 rings (SSSR count). The Kier molecular flexibility index (Phi) is 20.8. The second kappa shape index (κ2) is 24.0. The van der Waals surface area contributed by atoms with Gasteiger partial charge >= 0.3 is 18.0 Å². The average Bonchev–Trinajstić information content (AvgIpc) is 3.99. The minimum Gasteiger partial charge on any atom is -0.457 e. The van der Waals surface area contributed by atoms with Crippen molar-refractivity contribution in [2.45, 2.75) is 207 Å². The number of ether oxygens (including phenoxy) is 4. The summed E-state index contributed by atoms with van der Waals surface area (Å²) in [4.78, 5) is 42.1. The highest BCUT2D eigenvalue weighted by atomic mass is 28.4. The summed E-state index contributed by atoms with van der Waals surface area (Å²) < 4.78 is 39.3. The number of amides is 1. The van der Waals surface area contributed by atoms with E-state index in [2.05, 4.69) is 79.8 Å². The van der Waals surface area contributed by atoms with E-state index in [9.17, 15) is 14.4 Å². The molecule has 0 aromatic heterocycles. The number of carbonyl (C=O) groups is 3. The molecule has 3 aliphatic rings. The third kappa shape index (κ3) is 14.9. The van der Waals surface area contributed by atoms with E-state index >= 15 is 0 Å². The van der Waals surface area contributed by atoms with Crippen LogP contribution in [0.1, 0.15) is 129 Å². The summed E-state index contributed by atoms with van der Waals surface area (Å²) in [5.41, 5.74) is -0.870. The van der Waals surface area contributed by atoms with Gasteiger partial charge in [0.05, 0.1) is 30.3 Å². The zero-order valence-corrected chi connectivity index (χ0v) is 41.9. The van der Waals surface area contributed by atoms with Crippen molar-refractivity contribution in [2.75, 3.05) is 26.2 Å². The normalized spacial score (nSPS) is 29.4. The van der Waals surface area contributed by atoms with E-state index in [1.807, 2.05) is 39.0 Å². The topological polar surface area (TPSA) is 125 Å². The second-order valence-corrected chi connectivity index (χ2v) is 27.8. The third-order valence-electron chi connectivity index (χ3n) is 13.8. The van der Waals surface area contributed by atoms with Gasteiger partial charge in [-0.25, -0.2) is 4.79 Å². The summed E-state index contributed by atoms with van der Waals surface area (Å²) in [6.07, 6.45) is 11.9. The van der Waals surface area contributed by atoms with Gasteiger partial charge in [0.1, 0.15) is 11.7 Å². The van der Waals surface area contributed by atoms with Gasteiger partial charge in [-0.15, -0.1) is 0 Å². The van der Waals surface area contributed by atoms with Crippen LogP contribution in [0.15, 0.2) is 36.0 Å². The maximum absolute atomic E-state index is 14.0. The van der Waals surface area contributed by atoms with E-state index in [1.54, 1.807) is 4.90 Å². The Labute approximate surface area is 366 Å². The second-order valence-electron chi connectivity index (χ2n) is 18.4. The number of cyclic esters (lactones) is 1. The Morgan fingerprint density at radius 1 is 1.00 bits per heavy atom. The fourth-order valence-corrected chi connectivity index (χ4v) is 15.3. The number of nitrogens with one attached hydrogen (secondary N) is 1. The number of rotatable bonds is 20. The Morgan fingerprint density at radius 3 is 2.18 bits per heavy atom. The summed E-state index contributed by atoms with van der Waals surface area (Å²) in [6, 6.07) is 5.90. The monoisotopic (exact) mass is 877 g/mol. The largest absolute Gasteiger partial charge is 0.457 e. The molecule has 2 saturated heterocycles. The molecule has 0 radical (unpaired) electrons. The maximum atomic E-state index is 14.0. The molecule has 11 nitrogen and oxygen atoms in total. The van der Waals surface area contributed by atoms with Gasteiger partial charge in [0.25, 0.3) is 0 Å². The molecule has 2 fully saturated rings. The lowest BCUT2D eigenvalue weighted by Gasteiger charge is -2.39. The predicted molar refractivity (Wildman–Crippen MR) is 246 cm³/mol. The molecule has 13 heteroatoms. The van der Waals surface area contributed by atoms with E-state index < -0.39 is 58.2 Å². The Morgan fingerprint density at radius 2 is 1.62 bits per heavy atom. The number of allylic oxidation sites excluding steroid dienone is 2. The molecule has 60 heavy (non-hydrogen) atoms. The molecule has 344 valence electrons. The summed E-state index contributed by atoms with van der Waals surface area (Å²) in [5.74, 6) is -0.613. The maximum Gasteiger partial charge on any atom is 0.410 e. The molecular formula is C47H84N2O9Si2. The molecule has 0 bridgehead atoms. The van der Waals surface area contributed by atoms with Gasteiger partial charge in [-0.2, -0.15) is 0 Å². The number of hydrogen-bond acceptors (Lipinski definition) is 10. The molecular weight excluding hydrogens is 793 g/mol. The fraction of sp³-hybridized carbons (Fsp3) is 0.809.